The molecule has 2 fully saturated rings. The Hall–Kier alpha value is -3.74. The third-order valence-electron chi connectivity index (χ3n) is 10.9. The topological polar surface area (TPSA) is 83.6 Å². The second kappa shape index (κ2) is 17.6. The van der Waals surface area contributed by atoms with E-state index in [0.29, 0.717) is 25.0 Å². The van der Waals surface area contributed by atoms with Gasteiger partial charge in [0.05, 0.1) is 23.9 Å². The second-order valence-corrected chi connectivity index (χ2v) is 16.8. The molecule has 2 aliphatic heterocycles. The van der Waals surface area contributed by atoms with Crippen LogP contribution in [-0.4, -0.2) is 47.3 Å². The van der Waals surface area contributed by atoms with Gasteiger partial charge in [0.15, 0.2) is 11.8 Å². The molecule has 4 aliphatic rings. The van der Waals surface area contributed by atoms with Crippen molar-refractivity contribution in [2.45, 2.75) is 64.8 Å². The second-order valence-electron chi connectivity index (χ2n) is 16.8. The average Bonchev–Trinajstić information content (AvgIpc) is 4.05. The first kappa shape index (κ1) is 42.9. The van der Waals surface area contributed by atoms with Gasteiger partial charge in [-0.2, -0.15) is 0 Å². The van der Waals surface area contributed by atoms with Crippen LogP contribution in [0.5, 0.6) is 0 Å². The van der Waals surface area contributed by atoms with Crippen molar-refractivity contribution >= 4 is 11.8 Å². The summed E-state index contributed by atoms with van der Waals surface area (Å²) >= 11 is 0. The number of rotatable bonds is 8. The predicted molar refractivity (Wildman–Crippen MR) is 224 cm³/mol. The van der Waals surface area contributed by atoms with E-state index in [2.05, 4.69) is 41.5 Å². The smallest absolute Gasteiger partial charge is 0.478 e. The number of hydrogen-bond donors (Lipinski definition) is 2. The normalized spacial score (nSPS) is 21.2. The molecular weight excluding hydrogens is 748 g/mol. The Morgan fingerprint density at radius 3 is 0.982 bits per heavy atom. The van der Waals surface area contributed by atoms with Crippen LogP contribution in [0, 0.1) is 73.0 Å². The molecule has 2 aliphatic carbocycles. The molecule has 0 spiro atoms. The first-order valence-corrected chi connectivity index (χ1v) is 19.4. The molecule has 10 radical (unpaired) electrons. The van der Waals surface area contributed by atoms with Crippen molar-refractivity contribution in [2.75, 3.05) is 13.2 Å². The van der Waals surface area contributed by atoms with Gasteiger partial charge in [-0.1, -0.05) is 163 Å². The van der Waals surface area contributed by atoms with E-state index in [0.717, 1.165) is 45.9 Å². The molecule has 57 heavy (non-hydrogen) atoms. The quantitative estimate of drug-likeness (QED) is 0.174. The van der Waals surface area contributed by atoms with Crippen LogP contribution < -0.4 is 0 Å². The van der Waals surface area contributed by atoms with Crippen LogP contribution in [0.15, 0.2) is 131 Å². The summed E-state index contributed by atoms with van der Waals surface area (Å²) in [7, 11) is 0. The number of ether oxygens (including phenoxy) is 2. The molecule has 0 aromatic heterocycles. The van der Waals surface area contributed by atoms with Crippen LogP contribution in [0.3, 0.4) is 0 Å². The molecule has 292 valence electrons. The Morgan fingerprint density at radius 2 is 0.737 bits per heavy atom. The fourth-order valence-corrected chi connectivity index (χ4v) is 7.45. The van der Waals surface area contributed by atoms with Crippen LogP contribution in [0.25, 0.3) is 0 Å². The van der Waals surface area contributed by atoms with Crippen molar-refractivity contribution in [3.05, 3.63) is 206 Å². The summed E-state index contributed by atoms with van der Waals surface area (Å²) in [5.74, 6) is 4.51. The fourth-order valence-electron chi connectivity index (χ4n) is 7.45. The third-order valence-corrected chi connectivity index (χ3v) is 10.9. The van der Waals surface area contributed by atoms with E-state index in [9.17, 15) is 10.2 Å². The van der Waals surface area contributed by atoms with Crippen LogP contribution in [0.4, 0.5) is 0 Å². The van der Waals surface area contributed by atoms with E-state index >= 15 is 0 Å². The van der Waals surface area contributed by atoms with Gasteiger partial charge in [0.2, 0.25) is 0 Å². The first-order chi connectivity index (χ1) is 26.8. The van der Waals surface area contributed by atoms with Gasteiger partial charge in [0, 0.05) is 11.8 Å². The van der Waals surface area contributed by atoms with Crippen molar-refractivity contribution in [1.29, 1.82) is 0 Å². The van der Waals surface area contributed by atoms with Gasteiger partial charge >= 0.3 is 17.1 Å². The first-order valence-electron chi connectivity index (χ1n) is 19.4. The minimum Gasteiger partial charge on any atom is -0.478 e. The van der Waals surface area contributed by atoms with Crippen molar-refractivity contribution in [3.63, 3.8) is 0 Å². The zero-order chi connectivity index (χ0) is 39.6. The van der Waals surface area contributed by atoms with Gasteiger partial charge in [-0.05, 0) is 71.6 Å². The van der Waals surface area contributed by atoms with Crippen molar-refractivity contribution in [2.24, 2.45) is 20.8 Å². The number of hydrogen-bond acceptors (Lipinski definition) is 6. The molecule has 4 aromatic carbocycles. The summed E-state index contributed by atoms with van der Waals surface area (Å²) in [5, 5.41) is 24.1. The summed E-state index contributed by atoms with van der Waals surface area (Å²) < 4.78 is 12.0. The Morgan fingerprint density at radius 1 is 0.456 bits per heavy atom. The van der Waals surface area contributed by atoms with Crippen molar-refractivity contribution < 1.29 is 36.8 Å². The van der Waals surface area contributed by atoms with Crippen LogP contribution in [0.2, 0.25) is 0 Å². The van der Waals surface area contributed by atoms with Gasteiger partial charge in [-0.25, -0.2) is 9.98 Å². The number of aliphatic hydroxyl groups is 2. The fraction of sp³-hybridized carbons (Fsp3) is 0.280. The molecule has 4 aromatic rings. The van der Waals surface area contributed by atoms with Crippen LogP contribution >= 0.6 is 0 Å². The van der Waals surface area contributed by atoms with E-state index in [4.69, 9.17) is 19.5 Å². The van der Waals surface area contributed by atoms with Crippen molar-refractivity contribution in [1.82, 2.24) is 0 Å². The minimum atomic E-state index is -1.28. The summed E-state index contributed by atoms with van der Waals surface area (Å²) in [6.07, 6.45) is 11.8. The average molecular weight is 801 g/mol. The standard InChI is InChI=1S/2C25H26NO2.Fe/c2*1-24(2,3)22-17-28-23(26-22)20-15-10-16-21(20)25(27,18-11-6-4-7-12-18)19-13-8-5-9-14-19;/h2*4-16,22,27H,17H2,1-3H3;/q;;+2/t2*22-;/m11./s1. The SMILES string of the molecule is CC(C)(C)[C@H]1COC([C]2[CH][CH][CH][C]2C(O)(c2ccccc2)c2ccccc2)=N1.CC(C)(C)[C@H]1COC([C]2[CH][CH][CH][C]2C(O)(c2ccccc2)c2ccccc2)=N1.[Fe+2]. The molecule has 2 saturated carbocycles. The largest absolute Gasteiger partial charge is 2.00 e. The van der Waals surface area contributed by atoms with Gasteiger partial charge in [0.1, 0.15) is 24.4 Å². The number of aliphatic imine (C=N–C) groups is 2. The van der Waals surface area contributed by atoms with Gasteiger partial charge in [-0.3, -0.25) is 0 Å². The Labute approximate surface area is 351 Å². The molecule has 0 bridgehead atoms. The van der Waals surface area contributed by atoms with Gasteiger partial charge < -0.3 is 19.7 Å². The van der Waals surface area contributed by atoms with E-state index in [1.807, 2.05) is 160 Å². The summed E-state index contributed by atoms with van der Waals surface area (Å²) in [6.45, 7) is 14.2. The molecular formula is C50H52FeN2O4+2. The maximum absolute atomic E-state index is 12.1. The molecule has 0 unspecified atom stereocenters. The van der Waals surface area contributed by atoms with E-state index in [1.54, 1.807) is 0 Å². The molecule has 0 saturated heterocycles. The molecule has 2 N–H and O–H groups in total. The van der Waals surface area contributed by atoms with Crippen molar-refractivity contribution in [3.8, 4) is 0 Å². The number of benzene rings is 4. The molecule has 0 amide bonds. The van der Waals surface area contributed by atoms with E-state index < -0.39 is 11.2 Å². The Balaban J connectivity index is 0.000000189. The predicted octanol–water partition coefficient (Wildman–Crippen LogP) is 9.08. The minimum absolute atomic E-state index is 0. The monoisotopic (exact) mass is 800 g/mol. The summed E-state index contributed by atoms with van der Waals surface area (Å²) in [4.78, 5) is 9.69. The maximum Gasteiger partial charge on any atom is 2.00 e. The maximum atomic E-state index is 12.1. The van der Waals surface area contributed by atoms with E-state index in [1.165, 1.54) is 0 Å². The van der Waals surface area contributed by atoms with Gasteiger partial charge in [0.25, 0.3) is 0 Å². The molecule has 2 heterocycles. The zero-order valence-electron chi connectivity index (χ0n) is 33.5. The van der Waals surface area contributed by atoms with Gasteiger partial charge in [-0.15, -0.1) is 0 Å². The third kappa shape index (κ3) is 8.83. The summed E-state index contributed by atoms with van der Waals surface area (Å²) in [6, 6.07) is 39.3. The van der Waals surface area contributed by atoms with Crippen LogP contribution in [-0.2, 0) is 37.7 Å². The molecule has 8 rings (SSSR count). The zero-order valence-corrected chi connectivity index (χ0v) is 34.6. The summed E-state index contributed by atoms with van der Waals surface area (Å²) in [5.41, 5.74) is 0.770. The molecule has 7 heteroatoms. The van der Waals surface area contributed by atoms with E-state index in [-0.39, 0.29) is 40.0 Å². The Bertz CT molecular complexity index is 1720. The molecule has 6 nitrogen and oxygen atoms in total. The van der Waals surface area contributed by atoms with Crippen LogP contribution in [0.1, 0.15) is 63.8 Å². The molecule has 2 atom stereocenters. The number of nitrogens with zero attached hydrogens (tertiary/aromatic N) is 2. The Kier molecular flexibility index (Phi) is 13.3.